The highest BCUT2D eigenvalue weighted by atomic mass is 16.7. The molecule has 6 nitrogen and oxygen atoms in total. The number of aryl methyl sites for hydroxylation is 3. The van der Waals surface area contributed by atoms with Gasteiger partial charge in [-0.15, -0.1) is 5.10 Å². The first-order valence-corrected chi connectivity index (χ1v) is 10.1. The molecule has 6 heteroatoms. The van der Waals surface area contributed by atoms with Gasteiger partial charge in [-0.2, -0.15) is 5.10 Å². The Bertz CT molecular complexity index is 1430. The quantitative estimate of drug-likeness (QED) is 0.353. The van der Waals surface area contributed by atoms with Crippen LogP contribution in [0.3, 0.4) is 0 Å². The van der Waals surface area contributed by atoms with Crippen molar-refractivity contribution in [3.8, 4) is 11.5 Å². The van der Waals surface area contributed by atoms with E-state index in [-0.39, 0.29) is 6.79 Å². The Balaban J connectivity index is 1.49. The molecule has 6 rings (SSSR count). The molecule has 0 amide bonds. The SMILES string of the molecule is Cc1coc2c1c(C)cc1o/c(=N/N=C/c3ccc4c(c3)OCO4)c3c(c12)CCC3. The molecule has 1 aliphatic heterocycles. The van der Waals surface area contributed by atoms with Crippen LogP contribution in [0.2, 0.25) is 0 Å². The molecule has 0 radical (unpaired) electrons. The Labute approximate surface area is 172 Å². The summed E-state index contributed by atoms with van der Waals surface area (Å²) in [6, 6.07) is 7.77. The van der Waals surface area contributed by atoms with Crippen LogP contribution in [-0.2, 0) is 12.8 Å². The number of ether oxygens (including phenoxy) is 2. The lowest BCUT2D eigenvalue weighted by atomic mass is 10.0. The lowest BCUT2D eigenvalue weighted by molar-refractivity contribution is 0.174. The summed E-state index contributed by atoms with van der Waals surface area (Å²) in [7, 11) is 0. The number of fused-ring (bicyclic) bond motifs is 6. The fraction of sp³-hybridized carbons (Fsp3) is 0.250. The summed E-state index contributed by atoms with van der Waals surface area (Å²) in [6.45, 7) is 4.42. The fourth-order valence-electron chi connectivity index (χ4n) is 4.58. The fourth-order valence-corrected chi connectivity index (χ4v) is 4.58. The summed E-state index contributed by atoms with van der Waals surface area (Å²) in [6.07, 6.45) is 6.53. The maximum Gasteiger partial charge on any atom is 0.242 e. The third-order valence-corrected chi connectivity index (χ3v) is 5.93. The average Bonchev–Trinajstić information content (AvgIpc) is 3.47. The normalized spacial score (nSPS) is 15.7. The van der Waals surface area contributed by atoms with E-state index >= 15 is 0 Å². The van der Waals surface area contributed by atoms with E-state index in [0.29, 0.717) is 5.55 Å². The highest BCUT2D eigenvalue weighted by Gasteiger charge is 2.23. The molecule has 0 unspecified atom stereocenters. The van der Waals surface area contributed by atoms with Gasteiger partial charge in [0.05, 0.1) is 17.9 Å². The third-order valence-electron chi connectivity index (χ3n) is 5.93. The van der Waals surface area contributed by atoms with Crippen LogP contribution in [-0.4, -0.2) is 13.0 Å². The molecule has 1 aliphatic carbocycles. The van der Waals surface area contributed by atoms with Crippen molar-refractivity contribution >= 4 is 28.2 Å². The summed E-state index contributed by atoms with van der Waals surface area (Å²) in [4.78, 5) is 0. The van der Waals surface area contributed by atoms with Crippen molar-refractivity contribution in [3.63, 3.8) is 0 Å². The summed E-state index contributed by atoms with van der Waals surface area (Å²) in [5.41, 5.74) is 7.88. The van der Waals surface area contributed by atoms with Crippen LogP contribution < -0.4 is 15.0 Å². The monoisotopic (exact) mass is 400 g/mol. The van der Waals surface area contributed by atoms with Crippen molar-refractivity contribution in [2.24, 2.45) is 10.2 Å². The zero-order valence-electron chi connectivity index (χ0n) is 16.8. The van der Waals surface area contributed by atoms with E-state index in [4.69, 9.17) is 18.3 Å². The molecule has 3 heterocycles. The van der Waals surface area contributed by atoms with Gasteiger partial charge in [0.15, 0.2) is 11.5 Å². The summed E-state index contributed by atoms with van der Waals surface area (Å²) in [5.74, 6) is 1.48. The lowest BCUT2D eigenvalue weighted by Gasteiger charge is -2.08. The zero-order valence-corrected chi connectivity index (χ0v) is 16.8. The van der Waals surface area contributed by atoms with E-state index in [0.717, 1.165) is 69.6 Å². The van der Waals surface area contributed by atoms with Crippen LogP contribution in [0.4, 0.5) is 0 Å². The van der Waals surface area contributed by atoms with Crippen molar-refractivity contribution in [3.05, 3.63) is 63.9 Å². The highest BCUT2D eigenvalue weighted by Crippen LogP contribution is 2.37. The topological polar surface area (TPSA) is 69.5 Å². The van der Waals surface area contributed by atoms with Crippen molar-refractivity contribution in [2.75, 3.05) is 6.79 Å². The first-order valence-electron chi connectivity index (χ1n) is 10.1. The second kappa shape index (κ2) is 6.49. The van der Waals surface area contributed by atoms with Crippen LogP contribution in [0.15, 0.2) is 49.6 Å². The van der Waals surface area contributed by atoms with Gasteiger partial charge in [0, 0.05) is 10.9 Å². The van der Waals surface area contributed by atoms with Gasteiger partial charge < -0.3 is 18.3 Å². The minimum absolute atomic E-state index is 0.254. The number of hydrogen-bond acceptors (Lipinski definition) is 6. The Hall–Kier alpha value is -3.54. The molecule has 0 fully saturated rings. The van der Waals surface area contributed by atoms with E-state index in [1.54, 1.807) is 6.21 Å². The van der Waals surface area contributed by atoms with Gasteiger partial charge >= 0.3 is 0 Å². The van der Waals surface area contributed by atoms with Crippen molar-refractivity contribution in [1.29, 1.82) is 0 Å². The summed E-state index contributed by atoms with van der Waals surface area (Å²) >= 11 is 0. The van der Waals surface area contributed by atoms with Gasteiger partial charge in [0.25, 0.3) is 0 Å². The third kappa shape index (κ3) is 2.56. The van der Waals surface area contributed by atoms with Crippen molar-refractivity contribution < 1.29 is 18.3 Å². The number of benzene rings is 2. The minimum Gasteiger partial charge on any atom is -0.463 e. The molecule has 0 atom stereocenters. The molecule has 0 spiro atoms. The van der Waals surface area contributed by atoms with Crippen molar-refractivity contribution in [2.45, 2.75) is 33.1 Å². The molecular formula is C24H20N2O4. The summed E-state index contributed by atoms with van der Waals surface area (Å²) < 4.78 is 22.9. The van der Waals surface area contributed by atoms with Crippen LogP contribution in [0.25, 0.3) is 21.9 Å². The predicted molar refractivity (Wildman–Crippen MR) is 113 cm³/mol. The largest absolute Gasteiger partial charge is 0.463 e. The average molecular weight is 400 g/mol. The van der Waals surface area contributed by atoms with Crippen molar-refractivity contribution in [1.82, 2.24) is 0 Å². The van der Waals surface area contributed by atoms with Gasteiger partial charge in [0.2, 0.25) is 12.3 Å². The lowest BCUT2D eigenvalue weighted by Crippen LogP contribution is -2.09. The van der Waals surface area contributed by atoms with E-state index in [1.807, 2.05) is 24.5 Å². The number of rotatable bonds is 2. The zero-order chi connectivity index (χ0) is 20.2. The van der Waals surface area contributed by atoms with Gasteiger partial charge in [-0.1, -0.05) is 0 Å². The molecule has 0 N–H and O–H groups in total. The van der Waals surface area contributed by atoms with Gasteiger partial charge in [0.1, 0.15) is 11.2 Å². The first-order chi connectivity index (χ1) is 14.7. The van der Waals surface area contributed by atoms with Gasteiger partial charge in [-0.3, -0.25) is 0 Å². The van der Waals surface area contributed by atoms with E-state index in [2.05, 4.69) is 30.1 Å². The molecule has 0 saturated heterocycles. The molecule has 0 bridgehead atoms. The summed E-state index contributed by atoms with van der Waals surface area (Å²) in [5, 5.41) is 11.0. The van der Waals surface area contributed by atoms with Gasteiger partial charge in [-0.25, -0.2) is 0 Å². The highest BCUT2D eigenvalue weighted by molar-refractivity contribution is 6.07. The number of hydrogen-bond donors (Lipinski definition) is 0. The molecule has 30 heavy (non-hydrogen) atoms. The van der Waals surface area contributed by atoms with E-state index in [9.17, 15) is 0 Å². The second-order valence-electron chi connectivity index (χ2n) is 7.86. The molecule has 150 valence electrons. The van der Waals surface area contributed by atoms with Crippen LogP contribution in [0.5, 0.6) is 11.5 Å². The molecule has 2 aliphatic rings. The maximum absolute atomic E-state index is 6.23. The van der Waals surface area contributed by atoms with E-state index < -0.39 is 0 Å². The molecule has 0 saturated carbocycles. The number of nitrogens with zero attached hydrogens (tertiary/aromatic N) is 2. The standard InChI is InChI=1S/C24H20N2O4/c1-13-8-20-22(23-21(13)14(2)11-27-23)16-4-3-5-17(16)24(30-20)26-25-10-15-6-7-18-19(9-15)29-12-28-18/h6-11H,3-5,12H2,1-2H3/b25-10+,26-24+. The Morgan fingerprint density at radius 3 is 2.73 bits per heavy atom. The molecule has 4 aromatic rings. The number of furan rings is 1. The predicted octanol–water partition coefficient (Wildman–Crippen LogP) is 4.95. The minimum atomic E-state index is 0.254. The molecule has 2 aromatic carbocycles. The van der Waals surface area contributed by atoms with Crippen LogP contribution >= 0.6 is 0 Å². The first kappa shape index (κ1) is 17.3. The smallest absolute Gasteiger partial charge is 0.242 e. The molecular weight excluding hydrogens is 380 g/mol. The Morgan fingerprint density at radius 1 is 0.933 bits per heavy atom. The Kier molecular flexibility index (Phi) is 3.75. The van der Waals surface area contributed by atoms with Crippen LogP contribution in [0, 0.1) is 13.8 Å². The molecule has 2 aromatic heterocycles. The van der Waals surface area contributed by atoms with Crippen LogP contribution in [0.1, 0.15) is 34.2 Å². The Morgan fingerprint density at radius 2 is 1.80 bits per heavy atom. The second-order valence-corrected chi connectivity index (χ2v) is 7.86. The maximum atomic E-state index is 6.23. The van der Waals surface area contributed by atoms with Gasteiger partial charge in [-0.05, 0) is 79.6 Å². The van der Waals surface area contributed by atoms with E-state index in [1.165, 1.54) is 10.9 Å².